The highest BCUT2D eigenvalue weighted by Crippen LogP contribution is 2.36. The van der Waals surface area contributed by atoms with Crippen molar-refractivity contribution >= 4 is 17.7 Å². The van der Waals surface area contributed by atoms with Crippen LogP contribution in [0.5, 0.6) is 0 Å². The van der Waals surface area contributed by atoms with E-state index in [0.717, 1.165) is 68.1 Å². The molecule has 7 nitrogen and oxygen atoms in total. The van der Waals surface area contributed by atoms with Crippen LogP contribution in [0.2, 0.25) is 0 Å². The fraction of sp³-hybridized carbons (Fsp3) is 0.533. The molecule has 2 aromatic carbocycles. The maximum absolute atomic E-state index is 12.5. The third kappa shape index (κ3) is 7.33. The quantitative estimate of drug-likeness (QED) is 0.377. The highest BCUT2D eigenvalue weighted by Gasteiger charge is 2.30. The Morgan fingerprint density at radius 2 is 1.65 bits per heavy atom. The summed E-state index contributed by atoms with van der Waals surface area (Å²) in [6.45, 7) is 0.235. The molecule has 0 bridgehead atoms. The second kappa shape index (κ2) is 13.1. The van der Waals surface area contributed by atoms with Crippen LogP contribution in [0.4, 0.5) is 10.5 Å². The van der Waals surface area contributed by atoms with Crippen LogP contribution in [0, 0.1) is 5.92 Å². The number of nitrogens with one attached hydrogen (secondary N) is 1. The SMILES string of the molecule is N[C@H]1CC[C@H](N(C(=O)O)c2cc(CCCC(=O)N[C@H]3CC[C@H](CO)CC3)ccc2-c2ccccc2)CC1. The molecule has 5 N–H and O–H groups in total. The maximum atomic E-state index is 12.5. The van der Waals surface area contributed by atoms with E-state index in [0.29, 0.717) is 30.9 Å². The molecule has 2 aliphatic rings. The molecule has 0 aromatic heterocycles. The lowest BCUT2D eigenvalue weighted by atomic mass is 9.86. The summed E-state index contributed by atoms with van der Waals surface area (Å²) < 4.78 is 0. The Bertz CT molecular complexity index is 1030. The average molecular weight is 508 g/mol. The predicted molar refractivity (Wildman–Crippen MR) is 147 cm³/mol. The van der Waals surface area contributed by atoms with E-state index in [1.807, 2.05) is 42.5 Å². The first-order valence-corrected chi connectivity index (χ1v) is 13.8. The average Bonchev–Trinajstić information content (AvgIpc) is 2.91. The van der Waals surface area contributed by atoms with Crippen LogP contribution in [0.1, 0.15) is 69.8 Å². The molecule has 0 unspecified atom stereocenters. The van der Waals surface area contributed by atoms with E-state index in [4.69, 9.17) is 5.73 Å². The summed E-state index contributed by atoms with van der Waals surface area (Å²) in [5.74, 6) is 0.441. The van der Waals surface area contributed by atoms with Gasteiger partial charge in [0, 0.05) is 36.7 Å². The molecule has 0 spiro atoms. The molecule has 0 heterocycles. The number of aliphatic hydroxyl groups is 1. The highest BCUT2D eigenvalue weighted by atomic mass is 16.4. The van der Waals surface area contributed by atoms with Gasteiger partial charge in [-0.2, -0.15) is 0 Å². The first-order chi connectivity index (χ1) is 17.9. The molecule has 2 fully saturated rings. The molecule has 2 aromatic rings. The normalized spacial score (nSPS) is 23.8. The zero-order valence-corrected chi connectivity index (χ0v) is 21.6. The second-order valence-corrected chi connectivity index (χ2v) is 10.8. The van der Waals surface area contributed by atoms with Crippen LogP contribution in [0.15, 0.2) is 48.5 Å². The number of amides is 2. The van der Waals surface area contributed by atoms with Crippen molar-refractivity contribution in [2.24, 2.45) is 11.7 Å². The van der Waals surface area contributed by atoms with Gasteiger partial charge in [0.05, 0.1) is 5.69 Å². The summed E-state index contributed by atoms with van der Waals surface area (Å²) in [5, 5.41) is 22.7. The van der Waals surface area contributed by atoms with E-state index in [2.05, 4.69) is 11.4 Å². The molecule has 0 saturated heterocycles. The van der Waals surface area contributed by atoms with Crippen molar-refractivity contribution in [3.63, 3.8) is 0 Å². The van der Waals surface area contributed by atoms with Crippen molar-refractivity contribution in [1.29, 1.82) is 0 Å². The van der Waals surface area contributed by atoms with Gasteiger partial charge in [-0.15, -0.1) is 0 Å². The highest BCUT2D eigenvalue weighted by molar-refractivity contribution is 5.93. The lowest BCUT2D eigenvalue weighted by Gasteiger charge is -2.35. The van der Waals surface area contributed by atoms with Gasteiger partial charge in [0.2, 0.25) is 5.91 Å². The van der Waals surface area contributed by atoms with Gasteiger partial charge in [-0.25, -0.2) is 4.79 Å². The number of rotatable bonds is 9. The van der Waals surface area contributed by atoms with Crippen molar-refractivity contribution in [2.75, 3.05) is 11.5 Å². The number of aliphatic hydroxyl groups excluding tert-OH is 1. The van der Waals surface area contributed by atoms with Gasteiger partial charge in [-0.05, 0) is 87.3 Å². The monoisotopic (exact) mass is 507 g/mol. The van der Waals surface area contributed by atoms with Gasteiger partial charge in [0.25, 0.3) is 0 Å². The molecule has 0 atom stereocenters. The third-order valence-electron chi connectivity index (χ3n) is 8.06. The van der Waals surface area contributed by atoms with Gasteiger partial charge in [-0.3, -0.25) is 9.69 Å². The number of benzene rings is 2. The number of hydrogen-bond donors (Lipinski definition) is 4. The fourth-order valence-electron chi connectivity index (χ4n) is 5.85. The zero-order chi connectivity index (χ0) is 26.2. The van der Waals surface area contributed by atoms with Crippen LogP contribution < -0.4 is 16.0 Å². The second-order valence-electron chi connectivity index (χ2n) is 10.8. The standard InChI is InChI=1S/C30H41N3O4/c31-24-12-16-26(17-13-24)33(30(36)37)28-19-21(11-18-27(28)23-6-2-1-3-7-23)5-4-8-29(35)32-25-14-9-22(20-34)10-15-25/h1-3,6-7,11,18-19,22,24-26,34H,4-5,8-10,12-17,20,31H2,(H,32,35)(H,36,37)/t22-,24-,25-,26-. The summed E-state index contributed by atoms with van der Waals surface area (Å²) in [7, 11) is 0. The smallest absolute Gasteiger partial charge is 0.412 e. The van der Waals surface area contributed by atoms with Gasteiger partial charge >= 0.3 is 6.09 Å². The molecular weight excluding hydrogens is 466 g/mol. The number of hydrogen-bond acceptors (Lipinski definition) is 4. The number of carboxylic acid groups (broad SMARTS) is 1. The van der Waals surface area contributed by atoms with E-state index in [-0.39, 0.29) is 30.6 Å². The molecular formula is C30H41N3O4. The van der Waals surface area contributed by atoms with E-state index in [9.17, 15) is 19.8 Å². The minimum absolute atomic E-state index is 0.0688. The van der Waals surface area contributed by atoms with E-state index in [1.165, 1.54) is 0 Å². The van der Waals surface area contributed by atoms with Gasteiger partial charge in [-0.1, -0.05) is 42.5 Å². The van der Waals surface area contributed by atoms with E-state index < -0.39 is 6.09 Å². The minimum Gasteiger partial charge on any atom is -0.465 e. The van der Waals surface area contributed by atoms with Crippen molar-refractivity contribution < 1.29 is 19.8 Å². The Labute approximate surface area is 220 Å². The zero-order valence-electron chi connectivity index (χ0n) is 21.6. The molecule has 2 saturated carbocycles. The van der Waals surface area contributed by atoms with Gasteiger partial charge in [0.15, 0.2) is 0 Å². The number of aryl methyl sites for hydroxylation is 1. The summed E-state index contributed by atoms with van der Waals surface area (Å²) >= 11 is 0. The minimum atomic E-state index is -0.940. The predicted octanol–water partition coefficient (Wildman–Crippen LogP) is 5.10. The van der Waals surface area contributed by atoms with Crippen molar-refractivity contribution in [3.8, 4) is 11.1 Å². The Kier molecular flexibility index (Phi) is 9.58. The van der Waals surface area contributed by atoms with Crippen molar-refractivity contribution in [1.82, 2.24) is 5.32 Å². The van der Waals surface area contributed by atoms with Crippen LogP contribution in [0.3, 0.4) is 0 Å². The molecule has 4 rings (SSSR count). The number of anilines is 1. The van der Waals surface area contributed by atoms with E-state index >= 15 is 0 Å². The fourth-order valence-corrected chi connectivity index (χ4v) is 5.85. The first-order valence-electron chi connectivity index (χ1n) is 13.8. The Morgan fingerprint density at radius 1 is 0.946 bits per heavy atom. The van der Waals surface area contributed by atoms with Crippen LogP contribution >= 0.6 is 0 Å². The van der Waals surface area contributed by atoms with Crippen molar-refractivity contribution in [2.45, 2.75) is 88.8 Å². The van der Waals surface area contributed by atoms with Gasteiger partial charge < -0.3 is 21.3 Å². The van der Waals surface area contributed by atoms with Crippen LogP contribution in [-0.4, -0.2) is 46.9 Å². The first kappa shape index (κ1) is 27.1. The number of carbonyl (C=O) groups excluding carboxylic acids is 1. The molecule has 7 heteroatoms. The lowest BCUT2D eigenvalue weighted by molar-refractivity contribution is -0.122. The summed E-state index contributed by atoms with van der Waals surface area (Å²) in [5.41, 5.74) is 9.73. The van der Waals surface area contributed by atoms with E-state index in [1.54, 1.807) is 4.90 Å². The molecule has 2 amide bonds. The van der Waals surface area contributed by atoms with Crippen LogP contribution in [0.25, 0.3) is 11.1 Å². The summed E-state index contributed by atoms with van der Waals surface area (Å²) in [6.07, 6.45) is 7.86. The third-order valence-corrected chi connectivity index (χ3v) is 8.06. The Hall–Kier alpha value is -2.90. The molecule has 2 aliphatic carbocycles. The molecule has 200 valence electrons. The molecule has 0 radical (unpaired) electrons. The number of nitrogens with two attached hydrogens (primary N) is 1. The summed E-state index contributed by atoms with van der Waals surface area (Å²) in [4.78, 5) is 26.6. The largest absolute Gasteiger partial charge is 0.465 e. The topological polar surface area (TPSA) is 116 Å². The van der Waals surface area contributed by atoms with Gasteiger partial charge in [0.1, 0.15) is 0 Å². The number of nitrogens with zero attached hydrogens (tertiary/aromatic N) is 1. The Balaban J connectivity index is 1.45. The van der Waals surface area contributed by atoms with Crippen molar-refractivity contribution in [3.05, 3.63) is 54.1 Å². The molecule has 0 aliphatic heterocycles. The lowest BCUT2D eigenvalue weighted by Crippen LogP contribution is -2.44. The molecule has 37 heavy (non-hydrogen) atoms. The van der Waals surface area contributed by atoms with Crippen LogP contribution in [-0.2, 0) is 11.2 Å². The number of carbonyl (C=O) groups is 2. The summed E-state index contributed by atoms with van der Waals surface area (Å²) in [6, 6.07) is 16.2. The Morgan fingerprint density at radius 3 is 2.30 bits per heavy atom. The maximum Gasteiger partial charge on any atom is 0.412 e.